The van der Waals surface area contributed by atoms with Crippen molar-refractivity contribution in [2.75, 3.05) is 49.8 Å². The van der Waals surface area contributed by atoms with Gasteiger partial charge in [0.15, 0.2) is 5.78 Å². The highest BCUT2D eigenvalue weighted by Crippen LogP contribution is 2.32. The fraction of sp³-hybridized carbons (Fsp3) is 0.391. The van der Waals surface area contributed by atoms with Crippen LogP contribution in [0.5, 0.6) is 5.75 Å². The summed E-state index contributed by atoms with van der Waals surface area (Å²) in [5.74, 6) is 0.602. The highest BCUT2D eigenvalue weighted by Gasteiger charge is 2.26. The summed E-state index contributed by atoms with van der Waals surface area (Å²) in [5.41, 5.74) is 3.94. The van der Waals surface area contributed by atoms with Gasteiger partial charge >= 0.3 is 0 Å². The predicted molar refractivity (Wildman–Crippen MR) is 112 cm³/mol. The molecule has 1 saturated heterocycles. The van der Waals surface area contributed by atoms with Crippen LogP contribution in [0.4, 0.5) is 11.4 Å². The van der Waals surface area contributed by atoms with Gasteiger partial charge < -0.3 is 19.3 Å². The number of hydrogen-bond acceptors (Lipinski definition) is 5. The van der Waals surface area contributed by atoms with Crippen LogP contribution in [0.2, 0.25) is 0 Å². The molecule has 2 heterocycles. The summed E-state index contributed by atoms with van der Waals surface area (Å²) in [6.45, 7) is 3.97. The highest BCUT2D eigenvalue weighted by atomic mass is 16.5. The Bertz CT molecular complexity index is 906. The Morgan fingerprint density at radius 3 is 2.66 bits per heavy atom. The Kier molecular flexibility index (Phi) is 5.81. The van der Waals surface area contributed by atoms with E-state index >= 15 is 0 Å². The molecular formula is C23H26N2O4. The molecule has 4 rings (SSSR count). The number of hydrogen-bond donors (Lipinski definition) is 0. The Labute approximate surface area is 171 Å². The summed E-state index contributed by atoms with van der Waals surface area (Å²) in [5, 5.41) is 0. The molecule has 2 aromatic rings. The lowest BCUT2D eigenvalue weighted by Gasteiger charge is -2.29. The van der Waals surface area contributed by atoms with E-state index < -0.39 is 0 Å². The fourth-order valence-corrected chi connectivity index (χ4v) is 3.96. The first-order valence-electron chi connectivity index (χ1n) is 10.1. The molecule has 0 bridgehead atoms. The number of ketones is 1. The molecule has 6 nitrogen and oxygen atoms in total. The minimum atomic E-state index is -0.0423. The maximum Gasteiger partial charge on any atom is 0.227 e. The van der Waals surface area contributed by atoms with Gasteiger partial charge in [0.05, 0.1) is 20.3 Å². The number of anilines is 2. The summed E-state index contributed by atoms with van der Waals surface area (Å²) in [6, 6.07) is 13.4. The molecule has 29 heavy (non-hydrogen) atoms. The van der Waals surface area contributed by atoms with Gasteiger partial charge in [0, 0.05) is 49.4 Å². The SMILES string of the molecule is COc1cccc(C(=O)CCC(=O)N2CCc3cc(N4CCOCC4)ccc32)c1. The van der Waals surface area contributed by atoms with Crippen LogP contribution in [0.1, 0.15) is 28.8 Å². The van der Waals surface area contributed by atoms with Crippen LogP contribution >= 0.6 is 0 Å². The third-order valence-corrected chi connectivity index (χ3v) is 5.59. The second kappa shape index (κ2) is 8.66. The molecule has 0 aromatic heterocycles. The first kappa shape index (κ1) is 19.5. The molecule has 2 aromatic carbocycles. The molecule has 0 saturated carbocycles. The molecule has 152 valence electrons. The van der Waals surface area contributed by atoms with E-state index in [1.807, 2.05) is 11.0 Å². The van der Waals surface area contributed by atoms with Crippen molar-refractivity contribution in [2.24, 2.45) is 0 Å². The molecule has 6 heteroatoms. The van der Waals surface area contributed by atoms with Crippen LogP contribution in [-0.4, -0.2) is 51.6 Å². The summed E-state index contributed by atoms with van der Waals surface area (Å²) in [7, 11) is 1.57. The summed E-state index contributed by atoms with van der Waals surface area (Å²) in [4.78, 5) is 29.4. The number of nitrogens with zero attached hydrogens (tertiary/aromatic N) is 2. The van der Waals surface area contributed by atoms with E-state index in [4.69, 9.17) is 9.47 Å². The molecule has 1 fully saturated rings. The molecule has 0 aliphatic carbocycles. The largest absolute Gasteiger partial charge is 0.497 e. The summed E-state index contributed by atoms with van der Waals surface area (Å²) in [6.07, 6.45) is 1.26. The molecule has 0 spiro atoms. The lowest BCUT2D eigenvalue weighted by Crippen LogP contribution is -2.36. The van der Waals surface area contributed by atoms with Crippen LogP contribution in [0.25, 0.3) is 0 Å². The van der Waals surface area contributed by atoms with Gasteiger partial charge in [-0.2, -0.15) is 0 Å². The van der Waals surface area contributed by atoms with Crippen molar-refractivity contribution in [1.82, 2.24) is 0 Å². The third kappa shape index (κ3) is 4.27. The average Bonchev–Trinajstić information content (AvgIpc) is 3.21. The minimum Gasteiger partial charge on any atom is -0.497 e. The predicted octanol–water partition coefficient (Wildman–Crippen LogP) is 3.08. The van der Waals surface area contributed by atoms with Crippen molar-refractivity contribution in [3.63, 3.8) is 0 Å². The lowest BCUT2D eigenvalue weighted by atomic mass is 10.1. The third-order valence-electron chi connectivity index (χ3n) is 5.59. The van der Waals surface area contributed by atoms with Crippen molar-refractivity contribution in [1.29, 1.82) is 0 Å². The van der Waals surface area contributed by atoms with E-state index in [-0.39, 0.29) is 24.5 Å². The molecular weight excluding hydrogens is 368 g/mol. The number of Topliss-reactive ketones (excluding diaryl/α,β-unsaturated/α-hetero) is 1. The molecule has 2 aliphatic rings. The van der Waals surface area contributed by atoms with Crippen LogP contribution in [0, 0.1) is 0 Å². The highest BCUT2D eigenvalue weighted by molar-refractivity contribution is 6.01. The smallest absolute Gasteiger partial charge is 0.227 e. The Hall–Kier alpha value is -2.86. The second-order valence-corrected chi connectivity index (χ2v) is 7.36. The maximum atomic E-state index is 12.8. The summed E-state index contributed by atoms with van der Waals surface area (Å²) >= 11 is 0. The Morgan fingerprint density at radius 2 is 1.86 bits per heavy atom. The van der Waals surface area contributed by atoms with E-state index in [1.54, 1.807) is 31.4 Å². The number of carbonyl (C=O) groups is 2. The number of carbonyl (C=O) groups excluding carboxylic acids is 2. The Balaban J connectivity index is 1.38. The van der Waals surface area contributed by atoms with Crippen molar-refractivity contribution in [3.05, 3.63) is 53.6 Å². The second-order valence-electron chi connectivity index (χ2n) is 7.36. The molecule has 0 radical (unpaired) electrons. The van der Waals surface area contributed by atoms with Gasteiger partial charge in [-0.1, -0.05) is 12.1 Å². The van der Waals surface area contributed by atoms with Gasteiger partial charge in [-0.05, 0) is 42.3 Å². The first-order chi connectivity index (χ1) is 14.2. The van der Waals surface area contributed by atoms with Crippen molar-refractivity contribution >= 4 is 23.1 Å². The summed E-state index contributed by atoms with van der Waals surface area (Å²) < 4.78 is 10.6. The molecule has 1 amide bonds. The van der Waals surface area contributed by atoms with Gasteiger partial charge in [0.2, 0.25) is 5.91 Å². The topological polar surface area (TPSA) is 59.1 Å². The molecule has 0 atom stereocenters. The normalized spacial score (nSPS) is 15.9. The quantitative estimate of drug-likeness (QED) is 0.705. The zero-order chi connectivity index (χ0) is 20.2. The maximum absolute atomic E-state index is 12.8. The van der Waals surface area contributed by atoms with Crippen LogP contribution in [-0.2, 0) is 16.0 Å². The van der Waals surface area contributed by atoms with Gasteiger partial charge in [0.25, 0.3) is 0 Å². The van der Waals surface area contributed by atoms with Gasteiger partial charge in [0.1, 0.15) is 5.75 Å². The molecule has 2 aliphatic heterocycles. The number of methoxy groups -OCH3 is 1. The van der Waals surface area contributed by atoms with E-state index in [0.29, 0.717) is 17.9 Å². The van der Waals surface area contributed by atoms with Crippen molar-refractivity contribution in [2.45, 2.75) is 19.3 Å². The number of rotatable bonds is 6. The van der Waals surface area contributed by atoms with Crippen molar-refractivity contribution in [3.8, 4) is 5.75 Å². The average molecular weight is 394 g/mol. The first-order valence-corrected chi connectivity index (χ1v) is 10.1. The van der Waals surface area contributed by atoms with Crippen LogP contribution in [0.3, 0.4) is 0 Å². The monoisotopic (exact) mass is 394 g/mol. The molecule has 0 N–H and O–H groups in total. The zero-order valence-corrected chi connectivity index (χ0v) is 16.7. The van der Waals surface area contributed by atoms with E-state index in [2.05, 4.69) is 17.0 Å². The number of ether oxygens (including phenoxy) is 2. The van der Waals surface area contributed by atoms with Crippen LogP contribution < -0.4 is 14.5 Å². The van der Waals surface area contributed by atoms with Gasteiger partial charge in [-0.25, -0.2) is 0 Å². The van der Waals surface area contributed by atoms with Gasteiger partial charge in [-0.15, -0.1) is 0 Å². The number of morpholine rings is 1. The van der Waals surface area contributed by atoms with Crippen molar-refractivity contribution < 1.29 is 19.1 Å². The number of amides is 1. The van der Waals surface area contributed by atoms with E-state index in [0.717, 1.165) is 38.4 Å². The van der Waals surface area contributed by atoms with Gasteiger partial charge in [-0.3, -0.25) is 9.59 Å². The van der Waals surface area contributed by atoms with E-state index in [9.17, 15) is 9.59 Å². The number of benzene rings is 2. The fourth-order valence-electron chi connectivity index (χ4n) is 3.96. The number of fused-ring (bicyclic) bond motifs is 1. The minimum absolute atomic E-state index is 0.000816. The Morgan fingerprint density at radius 1 is 1.03 bits per heavy atom. The molecule has 0 unspecified atom stereocenters. The van der Waals surface area contributed by atoms with E-state index in [1.165, 1.54) is 11.3 Å². The standard InChI is InChI=1S/C23H26N2O4/c1-28-20-4-2-3-18(16-20)22(26)7-8-23(27)25-10-9-17-15-19(5-6-21(17)25)24-11-13-29-14-12-24/h2-6,15-16H,7-14H2,1H3. The van der Waals surface area contributed by atoms with Crippen LogP contribution in [0.15, 0.2) is 42.5 Å². The zero-order valence-electron chi connectivity index (χ0n) is 16.7. The lowest BCUT2D eigenvalue weighted by molar-refractivity contribution is -0.118.